The van der Waals surface area contributed by atoms with Crippen molar-refractivity contribution in [1.29, 1.82) is 0 Å². The molecule has 0 aromatic carbocycles. The van der Waals surface area contributed by atoms with E-state index in [-0.39, 0.29) is 11.4 Å². The van der Waals surface area contributed by atoms with Crippen molar-refractivity contribution in [3.63, 3.8) is 0 Å². The zero-order chi connectivity index (χ0) is 9.61. The Morgan fingerprint density at radius 1 is 1.58 bits per heavy atom. The van der Waals surface area contributed by atoms with E-state index in [9.17, 15) is 4.79 Å². The molecule has 0 aromatic heterocycles. The first-order valence-electron chi connectivity index (χ1n) is 4.21. The van der Waals surface area contributed by atoms with Crippen LogP contribution in [0, 0.1) is 0 Å². The first-order valence-corrected chi connectivity index (χ1v) is 4.21. The maximum absolute atomic E-state index is 10.8. The van der Waals surface area contributed by atoms with Crippen molar-refractivity contribution < 1.29 is 4.79 Å². The molecule has 2 N–H and O–H groups in total. The van der Waals surface area contributed by atoms with Gasteiger partial charge >= 0.3 is 0 Å². The highest BCUT2D eigenvalue weighted by atomic mass is 16.2. The molecule has 1 amide bonds. The van der Waals surface area contributed by atoms with Crippen LogP contribution in [0.25, 0.3) is 0 Å². The van der Waals surface area contributed by atoms with Gasteiger partial charge in [0, 0.05) is 5.54 Å². The molecule has 0 rings (SSSR count). The van der Waals surface area contributed by atoms with E-state index in [1.165, 1.54) is 6.08 Å². The van der Waals surface area contributed by atoms with Crippen LogP contribution in [-0.4, -0.2) is 11.4 Å². The van der Waals surface area contributed by atoms with Gasteiger partial charge in [-0.3, -0.25) is 10.2 Å². The van der Waals surface area contributed by atoms with Crippen LogP contribution in [0.2, 0.25) is 0 Å². The van der Waals surface area contributed by atoms with Crippen molar-refractivity contribution in [2.75, 3.05) is 0 Å². The predicted octanol–water partition coefficient (Wildman–Crippen LogP) is 1.37. The lowest BCUT2D eigenvalue weighted by atomic mass is 10.0. The van der Waals surface area contributed by atoms with Gasteiger partial charge in [0.15, 0.2) is 0 Å². The van der Waals surface area contributed by atoms with Gasteiger partial charge < -0.3 is 0 Å². The summed E-state index contributed by atoms with van der Waals surface area (Å²) in [7, 11) is 0. The third kappa shape index (κ3) is 4.91. The van der Waals surface area contributed by atoms with E-state index in [4.69, 9.17) is 0 Å². The molecule has 0 atom stereocenters. The first kappa shape index (κ1) is 11.2. The lowest BCUT2D eigenvalue weighted by Crippen LogP contribution is -2.50. The maximum Gasteiger partial charge on any atom is 0.257 e. The molecule has 0 aliphatic rings. The van der Waals surface area contributed by atoms with Gasteiger partial charge in [-0.05, 0) is 26.3 Å². The highest BCUT2D eigenvalue weighted by Crippen LogP contribution is 2.08. The smallest absolute Gasteiger partial charge is 0.257 e. The number of carbonyl (C=O) groups excluding carboxylic acids is 1. The molecule has 0 unspecified atom stereocenters. The second-order valence-electron chi connectivity index (χ2n) is 3.45. The lowest BCUT2D eigenvalue weighted by molar-refractivity contribution is -0.118. The molecule has 0 aliphatic carbocycles. The number of rotatable bonds is 5. The van der Waals surface area contributed by atoms with Crippen LogP contribution in [0.4, 0.5) is 0 Å². The summed E-state index contributed by atoms with van der Waals surface area (Å²) in [6, 6.07) is 0. The van der Waals surface area contributed by atoms with Crippen LogP contribution in [0.5, 0.6) is 0 Å². The van der Waals surface area contributed by atoms with Crippen molar-refractivity contribution in [1.82, 2.24) is 10.9 Å². The highest BCUT2D eigenvalue weighted by molar-refractivity contribution is 5.86. The van der Waals surface area contributed by atoms with Crippen LogP contribution in [-0.2, 0) is 4.79 Å². The lowest BCUT2D eigenvalue weighted by Gasteiger charge is -2.25. The average molecular weight is 170 g/mol. The van der Waals surface area contributed by atoms with E-state index in [0.29, 0.717) is 0 Å². The van der Waals surface area contributed by atoms with Gasteiger partial charge in [-0.15, -0.1) is 0 Å². The molecule has 0 aliphatic heterocycles. The van der Waals surface area contributed by atoms with Crippen molar-refractivity contribution in [3.8, 4) is 0 Å². The number of nitrogens with one attached hydrogen (secondary N) is 2. The number of hydrazine groups is 1. The SMILES string of the molecule is C=CC(=O)NNC(C)(C)CCC. The predicted molar refractivity (Wildman–Crippen MR) is 50.5 cm³/mol. The molecule has 0 bridgehead atoms. The Hall–Kier alpha value is -0.830. The fraction of sp³-hybridized carbons (Fsp3) is 0.667. The summed E-state index contributed by atoms with van der Waals surface area (Å²) in [5, 5.41) is 0. The zero-order valence-electron chi connectivity index (χ0n) is 8.11. The van der Waals surface area contributed by atoms with Crippen LogP contribution in [0.15, 0.2) is 12.7 Å². The number of amides is 1. The summed E-state index contributed by atoms with van der Waals surface area (Å²) in [6.45, 7) is 9.55. The topological polar surface area (TPSA) is 41.1 Å². The molecular weight excluding hydrogens is 152 g/mol. The van der Waals surface area contributed by atoms with Crippen molar-refractivity contribution in [2.24, 2.45) is 0 Å². The zero-order valence-corrected chi connectivity index (χ0v) is 8.11. The molecule has 0 heterocycles. The van der Waals surface area contributed by atoms with E-state index in [1.807, 2.05) is 13.8 Å². The normalized spacial score (nSPS) is 10.9. The molecule has 0 radical (unpaired) electrons. The minimum atomic E-state index is -0.195. The van der Waals surface area contributed by atoms with Gasteiger partial charge in [0.2, 0.25) is 0 Å². The van der Waals surface area contributed by atoms with Gasteiger partial charge in [-0.1, -0.05) is 19.9 Å². The third-order valence-corrected chi connectivity index (χ3v) is 1.58. The molecule has 3 nitrogen and oxygen atoms in total. The third-order valence-electron chi connectivity index (χ3n) is 1.58. The van der Waals surface area contributed by atoms with Gasteiger partial charge in [-0.25, -0.2) is 5.43 Å². The number of hydrogen-bond acceptors (Lipinski definition) is 2. The Kier molecular flexibility index (Phi) is 4.59. The van der Waals surface area contributed by atoms with Crippen LogP contribution in [0.1, 0.15) is 33.6 Å². The summed E-state index contributed by atoms with van der Waals surface area (Å²) in [5.41, 5.74) is 5.44. The molecule has 0 saturated heterocycles. The monoisotopic (exact) mass is 170 g/mol. The summed E-state index contributed by atoms with van der Waals surface area (Å²) in [6.07, 6.45) is 3.35. The van der Waals surface area contributed by atoms with Gasteiger partial charge in [0.1, 0.15) is 0 Å². The standard InChI is InChI=1S/C9H18N2O/c1-5-7-9(3,4)11-10-8(12)6-2/h6,11H,2,5,7H2,1,3-4H3,(H,10,12). The molecule has 0 fully saturated rings. The first-order chi connectivity index (χ1) is 5.52. The van der Waals surface area contributed by atoms with E-state index >= 15 is 0 Å². The molecule has 70 valence electrons. The van der Waals surface area contributed by atoms with E-state index in [0.717, 1.165) is 12.8 Å². The van der Waals surface area contributed by atoms with E-state index in [2.05, 4.69) is 24.4 Å². The minimum absolute atomic E-state index is 0.0482. The summed E-state index contributed by atoms with van der Waals surface area (Å²) in [4.78, 5) is 10.8. The molecule has 0 aromatic rings. The Morgan fingerprint density at radius 2 is 2.17 bits per heavy atom. The average Bonchev–Trinajstić information content (AvgIpc) is 2.00. The Morgan fingerprint density at radius 3 is 2.58 bits per heavy atom. The van der Waals surface area contributed by atoms with Crippen molar-refractivity contribution in [3.05, 3.63) is 12.7 Å². The summed E-state index contributed by atoms with van der Waals surface area (Å²) in [5.74, 6) is -0.195. The molecule has 12 heavy (non-hydrogen) atoms. The Bertz CT molecular complexity index is 164. The largest absolute Gasteiger partial charge is 0.287 e. The van der Waals surface area contributed by atoms with Crippen LogP contribution < -0.4 is 10.9 Å². The van der Waals surface area contributed by atoms with Crippen LogP contribution >= 0.6 is 0 Å². The van der Waals surface area contributed by atoms with Crippen LogP contribution in [0.3, 0.4) is 0 Å². The van der Waals surface area contributed by atoms with Gasteiger partial charge in [0.05, 0.1) is 0 Å². The summed E-state index contributed by atoms with van der Waals surface area (Å²) >= 11 is 0. The van der Waals surface area contributed by atoms with Gasteiger partial charge in [-0.2, -0.15) is 0 Å². The second-order valence-corrected chi connectivity index (χ2v) is 3.45. The molecule has 0 saturated carbocycles. The second kappa shape index (κ2) is 4.93. The molecular formula is C9H18N2O. The van der Waals surface area contributed by atoms with E-state index in [1.54, 1.807) is 0 Å². The Balaban J connectivity index is 3.74. The number of carbonyl (C=O) groups is 1. The fourth-order valence-corrected chi connectivity index (χ4v) is 0.969. The van der Waals surface area contributed by atoms with Gasteiger partial charge in [0.25, 0.3) is 5.91 Å². The Labute approximate surface area is 74.2 Å². The number of hydrogen-bond donors (Lipinski definition) is 2. The quantitative estimate of drug-likeness (QED) is 0.483. The minimum Gasteiger partial charge on any atom is -0.287 e. The fourth-order valence-electron chi connectivity index (χ4n) is 0.969. The summed E-state index contributed by atoms with van der Waals surface area (Å²) < 4.78 is 0. The molecule has 3 heteroatoms. The molecule has 0 spiro atoms. The maximum atomic E-state index is 10.8. The van der Waals surface area contributed by atoms with Crippen molar-refractivity contribution >= 4 is 5.91 Å². The van der Waals surface area contributed by atoms with Crippen molar-refractivity contribution in [2.45, 2.75) is 39.2 Å². The van der Waals surface area contributed by atoms with E-state index < -0.39 is 0 Å². The highest BCUT2D eigenvalue weighted by Gasteiger charge is 2.15.